The van der Waals surface area contributed by atoms with Crippen LogP contribution < -0.4 is 5.73 Å². The Hall–Kier alpha value is -3.64. The van der Waals surface area contributed by atoms with Gasteiger partial charge in [0.05, 0.1) is 11.3 Å². The molecule has 2 aliphatic rings. The summed E-state index contributed by atoms with van der Waals surface area (Å²) in [4.78, 5) is 14.9. The first-order valence-corrected chi connectivity index (χ1v) is 11.7. The number of nitrogens with zero attached hydrogens (tertiary/aromatic N) is 4. The number of nitrogens with two attached hydrogens (primary N) is 1. The van der Waals surface area contributed by atoms with Crippen molar-refractivity contribution in [3.05, 3.63) is 70.7 Å². The molecule has 1 saturated heterocycles. The molecule has 6 nitrogen and oxygen atoms in total. The number of carbonyl (C=O) groups is 1. The van der Waals surface area contributed by atoms with E-state index in [4.69, 9.17) is 11.0 Å². The molecule has 0 spiro atoms. The van der Waals surface area contributed by atoms with Gasteiger partial charge in [-0.15, -0.1) is 0 Å². The number of rotatable bonds is 4. The van der Waals surface area contributed by atoms with E-state index in [1.807, 2.05) is 0 Å². The lowest BCUT2D eigenvalue weighted by atomic mass is 10.1. The van der Waals surface area contributed by atoms with Gasteiger partial charge in [0.1, 0.15) is 17.6 Å². The summed E-state index contributed by atoms with van der Waals surface area (Å²) in [5, 5.41) is 13.3. The molecule has 2 N–H and O–H groups in total. The number of halogens is 3. The van der Waals surface area contributed by atoms with Crippen molar-refractivity contribution < 1.29 is 18.0 Å². The monoisotopic (exact) mass is 479 g/mol. The summed E-state index contributed by atoms with van der Waals surface area (Å²) in [5.41, 5.74) is 6.41. The van der Waals surface area contributed by atoms with Gasteiger partial charge in [0, 0.05) is 24.7 Å². The van der Waals surface area contributed by atoms with Crippen molar-refractivity contribution in [1.29, 1.82) is 5.26 Å². The van der Waals surface area contributed by atoms with Crippen molar-refractivity contribution in [3.63, 3.8) is 0 Å². The van der Waals surface area contributed by atoms with Crippen LogP contribution in [-0.2, 0) is 0 Å². The zero-order valence-corrected chi connectivity index (χ0v) is 19.0. The molecule has 0 unspecified atom stereocenters. The van der Waals surface area contributed by atoms with E-state index < -0.39 is 29.0 Å². The Bertz CT molecular complexity index is 1320. The van der Waals surface area contributed by atoms with Gasteiger partial charge < -0.3 is 10.6 Å². The lowest BCUT2D eigenvalue weighted by Crippen LogP contribution is -2.39. The molecule has 0 bridgehead atoms. The average Bonchev–Trinajstić information content (AvgIpc) is 3.62. The second-order valence-corrected chi connectivity index (χ2v) is 9.25. The molecule has 1 saturated carbocycles. The fourth-order valence-electron chi connectivity index (χ4n) is 4.59. The first-order chi connectivity index (χ1) is 16.9. The van der Waals surface area contributed by atoms with Gasteiger partial charge in [-0.2, -0.15) is 10.4 Å². The highest BCUT2D eigenvalue weighted by Crippen LogP contribution is 2.41. The highest BCUT2D eigenvalue weighted by molar-refractivity contribution is 5.93. The molecule has 1 aliphatic heterocycles. The summed E-state index contributed by atoms with van der Waals surface area (Å²) in [6, 6.07) is 9.38. The smallest absolute Gasteiger partial charge is 0.274 e. The van der Waals surface area contributed by atoms with Crippen molar-refractivity contribution in [1.82, 2.24) is 14.7 Å². The number of amides is 1. The predicted molar refractivity (Wildman–Crippen MR) is 123 cm³/mol. The van der Waals surface area contributed by atoms with Crippen molar-refractivity contribution in [2.24, 2.45) is 5.73 Å². The van der Waals surface area contributed by atoms with Crippen molar-refractivity contribution in [2.75, 3.05) is 13.1 Å². The Balaban J connectivity index is 1.63. The first kappa shape index (κ1) is 23.1. The SMILES string of the molecule is N#Cc1ccc(-c2cc(C(=O)N3CCCC[C@@H](N)C3)nn2-c2c(F)cc(C3CC3)cc2F)cc1F. The van der Waals surface area contributed by atoms with Crippen LogP contribution in [-0.4, -0.2) is 39.7 Å². The highest BCUT2D eigenvalue weighted by Gasteiger charge is 2.29. The van der Waals surface area contributed by atoms with Gasteiger partial charge in [0.2, 0.25) is 0 Å². The lowest BCUT2D eigenvalue weighted by Gasteiger charge is -2.21. The Kier molecular flexibility index (Phi) is 6.07. The Morgan fingerprint density at radius 2 is 1.77 bits per heavy atom. The predicted octanol–water partition coefficient (Wildman–Crippen LogP) is 4.66. The van der Waals surface area contributed by atoms with Crippen LogP contribution in [0.5, 0.6) is 0 Å². The van der Waals surface area contributed by atoms with E-state index in [1.165, 1.54) is 30.3 Å². The second kappa shape index (κ2) is 9.19. The van der Waals surface area contributed by atoms with Gasteiger partial charge in [0.25, 0.3) is 5.91 Å². The molecule has 180 valence electrons. The Labute approximate surface area is 200 Å². The van der Waals surface area contributed by atoms with Gasteiger partial charge in [-0.25, -0.2) is 17.9 Å². The number of benzene rings is 2. The summed E-state index contributed by atoms with van der Waals surface area (Å²) < 4.78 is 45.9. The summed E-state index contributed by atoms with van der Waals surface area (Å²) in [6.45, 7) is 0.852. The fraction of sp³-hybridized carbons (Fsp3) is 0.346. The van der Waals surface area contributed by atoms with E-state index >= 15 is 8.78 Å². The van der Waals surface area contributed by atoms with Gasteiger partial charge in [-0.1, -0.05) is 12.5 Å². The molecule has 9 heteroatoms. The summed E-state index contributed by atoms with van der Waals surface area (Å²) in [5.74, 6) is -2.69. The van der Waals surface area contributed by atoms with Crippen molar-refractivity contribution in [3.8, 4) is 23.0 Å². The second-order valence-electron chi connectivity index (χ2n) is 9.25. The topological polar surface area (TPSA) is 87.9 Å². The normalized spacial score (nSPS) is 18.3. The third-order valence-corrected chi connectivity index (χ3v) is 6.61. The molecule has 1 aliphatic carbocycles. The number of likely N-dealkylation sites (tertiary alicyclic amines) is 1. The number of aromatic nitrogens is 2. The average molecular weight is 480 g/mol. The van der Waals surface area contributed by atoms with Crippen LogP contribution in [0, 0.1) is 28.8 Å². The minimum Gasteiger partial charge on any atom is -0.336 e. The van der Waals surface area contributed by atoms with Crippen LogP contribution in [0.15, 0.2) is 36.4 Å². The molecule has 2 aromatic carbocycles. The molecule has 2 heterocycles. The van der Waals surface area contributed by atoms with Crippen molar-refractivity contribution >= 4 is 5.91 Å². The lowest BCUT2D eigenvalue weighted by molar-refractivity contribution is 0.0748. The Morgan fingerprint density at radius 3 is 2.43 bits per heavy atom. The largest absolute Gasteiger partial charge is 0.336 e. The van der Waals surface area contributed by atoms with Gasteiger partial charge in [-0.05, 0) is 67.5 Å². The number of nitriles is 1. The molecule has 1 amide bonds. The van der Waals surface area contributed by atoms with E-state index in [1.54, 1.807) is 11.0 Å². The maximum Gasteiger partial charge on any atom is 0.274 e. The molecule has 5 rings (SSSR count). The van der Waals surface area contributed by atoms with Crippen LogP contribution in [0.3, 0.4) is 0 Å². The van der Waals surface area contributed by atoms with E-state index in [0.29, 0.717) is 18.7 Å². The van der Waals surface area contributed by atoms with Crippen LogP contribution in [0.4, 0.5) is 13.2 Å². The zero-order valence-electron chi connectivity index (χ0n) is 19.0. The summed E-state index contributed by atoms with van der Waals surface area (Å²) >= 11 is 0. The van der Waals surface area contributed by atoms with E-state index in [0.717, 1.165) is 42.9 Å². The quantitative estimate of drug-likeness (QED) is 0.590. The molecular weight excluding hydrogens is 455 g/mol. The fourth-order valence-corrected chi connectivity index (χ4v) is 4.59. The third-order valence-electron chi connectivity index (χ3n) is 6.61. The van der Waals surface area contributed by atoms with E-state index in [9.17, 15) is 9.18 Å². The number of carbonyl (C=O) groups excluding carboxylic acids is 1. The van der Waals surface area contributed by atoms with Crippen LogP contribution >= 0.6 is 0 Å². The highest BCUT2D eigenvalue weighted by atomic mass is 19.1. The summed E-state index contributed by atoms with van der Waals surface area (Å²) in [7, 11) is 0. The van der Waals surface area contributed by atoms with Gasteiger partial charge in [-0.3, -0.25) is 4.79 Å². The standard InChI is InChI=1S/C26H24F3N5O/c27-20-9-16(6-7-17(20)13-30)24-12-23(26(35)33-8-2-1-3-19(31)14-33)32-34(24)25-21(28)10-18(11-22(25)29)15-4-5-15/h6-7,9-12,15,19H,1-5,8,14,31H2/t19-/m1/s1. The van der Waals surface area contributed by atoms with Crippen molar-refractivity contribution in [2.45, 2.75) is 44.1 Å². The minimum atomic E-state index is -0.818. The van der Waals surface area contributed by atoms with Gasteiger partial charge >= 0.3 is 0 Å². The molecule has 3 aromatic rings. The molecule has 2 fully saturated rings. The van der Waals surface area contributed by atoms with Gasteiger partial charge in [0.15, 0.2) is 17.3 Å². The minimum absolute atomic E-state index is 0.0241. The zero-order chi connectivity index (χ0) is 24.7. The third kappa shape index (κ3) is 4.54. The first-order valence-electron chi connectivity index (χ1n) is 11.7. The maximum atomic E-state index is 15.2. The van der Waals surface area contributed by atoms with Crippen LogP contribution in [0.2, 0.25) is 0 Å². The van der Waals surface area contributed by atoms with Crippen LogP contribution in [0.25, 0.3) is 16.9 Å². The van der Waals surface area contributed by atoms with Crippen LogP contribution in [0.1, 0.15) is 59.6 Å². The number of hydrogen-bond donors (Lipinski definition) is 1. The molecular formula is C26H24F3N5O. The number of hydrogen-bond acceptors (Lipinski definition) is 4. The molecule has 35 heavy (non-hydrogen) atoms. The maximum absolute atomic E-state index is 15.2. The molecule has 0 radical (unpaired) electrons. The molecule has 1 atom stereocenters. The molecule has 1 aromatic heterocycles. The Morgan fingerprint density at radius 1 is 1.03 bits per heavy atom. The van der Waals surface area contributed by atoms with E-state index in [2.05, 4.69) is 5.10 Å². The van der Waals surface area contributed by atoms with E-state index in [-0.39, 0.29) is 34.5 Å². The summed E-state index contributed by atoms with van der Waals surface area (Å²) in [6.07, 6.45) is 4.26.